The number of urea groups is 1. The van der Waals surface area contributed by atoms with Crippen LogP contribution in [0.4, 0.5) is 16.2 Å². The fourth-order valence-electron chi connectivity index (χ4n) is 1.49. The van der Waals surface area contributed by atoms with Crippen molar-refractivity contribution in [3.05, 3.63) is 40.3 Å². The topological polar surface area (TPSA) is 80.0 Å². The number of carbonyl (C=O) groups excluding carboxylic acids is 1. The fraction of sp³-hybridized carbons (Fsp3) is 0.167. The zero-order valence-electron chi connectivity index (χ0n) is 9.93. The summed E-state index contributed by atoms with van der Waals surface area (Å²) in [5.74, 6) is 0. The van der Waals surface area contributed by atoms with Crippen molar-refractivity contribution < 1.29 is 4.79 Å². The van der Waals surface area contributed by atoms with Gasteiger partial charge < -0.3 is 16.4 Å². The molecule has 0 bridgehead atoms. The van der Waals surface area contributed by atoms with E-state index in [1.807, 2.05) is 24.6 Å². The van der Waals surface area contributed by atoms with Gasteiger partial charge in [0.1, 0.15) is 0 Å². The molecule has 0 aliphatic heterocycles. The number of carbonyl (C=O) groups is 1. The standard InChI is InChI=1S/C12H14N4OS/c1-8-11(18-7-15-8)6-14-9-2-4-10(5-3-9)16-12(13)17/h2-5,7,14H,6H2,1H3,(H3,13,16,17). The van der Waals surface area contributed by atoms with E-state index < -0.39 is 6.03 Å². The summed E-state index contributed by atoms with van der Waals surface area (Å²) in [6, 6.07) is 6.82. The molecule has 1 heterocycles. The predicted molar refractivity (Wildman–Crippen MR) is 73.8 cm³/mol. The van der Waals surface area contributed by atoms with E-state index in [1.54, 1.807) is 23.5 Å². The summed E-state index contributed by atoms with van der Waals surface area (Å²) in [6.45, 7) is 2.74. The van der Waals surface area contributed by atoms with Gasteiger partial charge >= 0.3 is 6.03 Å². The van der Waals surface area contributed by atoms with E-state index in [2.05, 4.69) is 15.6 Å². The first kappa shape index (κ1) is 12.4. The minimum Gasteiger partial charge on any atom is -0.380 e. The maximum atomic E-state index is 10.7. The highest BCUT2D eigenvalue weighted by molar-refractivity contribution is 7.09. The Morgan fingerprint density at radius 3 is 2.56 bits per heavy atom. The van der Waals surface area contributed by atoms with Gasteiger partial charge in [-0.15, -0.1) is 11.3 Å². The number of thiazole rings is 1. The number of nitrogens with two attached hydrogens (primary N) is 1. The van der Waals surface area contributed by atoms with E-state index in [0.717, 1.165) is 17.9 Å². The van der Waals surface area contributed by atoms with Gasteiger partial charge in [0.05, 0.1) is 17.7 Å². The average molecular weight is 262 g/mol. The van der Waals surface area contributed by atoms with Crippen LogP contribution >= 0.6 is 11.3 Å². The number of hydrogen-bond acceptors (Lipinski definition) is 4. The van der Waals surface area contributed by atoms with Crippen LogP contribution in [0.3, 0.4) is 0 Å². The van der Waals surface area contributed by atoms with Crippen LogP contribution in [0.15, 0.2) is 29.8 Å². The summed E-state index contributed by atoms with van der Waals surface area (Å²) in [6.07, 6.45) is 0. The van der Waals surface area contributed by atoms with Gasteiger partial charge in [-0.1, -0.05) is 0 Å². The maximum absolute atomic E-state index is 10.7. The first-order valence-corrected chi connectivity index (χ1v) is 6.32. The molecule has 0 unspecified atom stereocenters. The van der Waals surface area contributed by atoms with Gasteiger partial charge in [-0.3, -0.25) is 0 Å². The van der Waals surface area contributed by atoms with Gasteiger partial charge in [0.25, 0.3) is 0 Å². The predicted octanol–water partition coefficient (Wildman–Crippen LogP) is 2.55. The van der Waals surface area contributed by atoms with Gasteiger partial charge in [-0.05, 0) is 31.2 Å². The zero-order valence-corrected chi connectivity index (χ0v) is 10.8. The van der Waals surface area contributed by atoms with Crippen LogP contribution < -0.4 is 16.4 Å². The Balaban J connectivity index is 1.94. The molecule has 0 atom stereocenters. The summed E-state index contributed by atoms with van der Waals surface area (Å²) in [5.41, 5.74) is 9.59. The van der Waals surface area contributed by atoms with Gasteiger partial charge in [0.15, 0.2) is 0 Å². The van der Waals surface area contributed by atoms with E-state index in [9.17, 15) is 4.79 Å². The lowest BCUT2D eigenvalue weighted by Crippen LogP contribution is -2.19. The van der Waals surface area contributed by atoms with E-state index in [-0.39, 0.29) is 0 Å². The Morgan fingerprint density at radius 1 is 1.33 bits per heavy atom. The molecular formula is C12H14N4OS. The Hall–Kier alpha value is -2.08. The SMILES string of the molecule is Cc1ncsc1CNc1ccc(NC(N)=O)cc1. The van der Waals surface area contributed by atoms with Gasteiger partial charge in [0, 0.05) is 16.3 Å². The van der Waals surface area contributed by atoms with Crippen LogP contribution in [0.1, 0.15) is 10.6 Å². The molecule has 0 radical (unpaired) electrons. The van der Waals surface area contributed by atoms with Crippen molar-refractivity contribution in [2.45, 2.75) is 13.5 Å². The summed E-state index contributed by atoms with van der Waals surface area (Å²) in [7, 11) is 0. The Labute approximate surface area is 109 Å². The van der Waals surface area contributed by atoms with E-state index in [0.29, 0.717) is 5.69 Å². The van der Waals surface area contributed by atoms with Crippen LogP contribution in [-0.2, 0) is 6.54 Å². The Bertz CT molecular complexity index is 535. The lowest BCUT2D eigenvalue weighted by atomic mass is 10.2. The lowest BCUT2D eigenvalue weighted by Gasteiger charge is -2.07. The molecule has 0 saturated carbocycles. The molecule has 18 heavy (non-hydrogen) atoms. The van der Waals surface area contributed by atoms with Crippen LogP contribution in [0.25, 0.3) is 0 Å². The first-order valence-electron chi connectivity index (χ1n) is 5.44. The molecule has 2 amide bonds. The second-order valence-corrected chi connectivity index (χ2v) is 4.72. The summed E-state index contributed by atoms with van der Waals surface area (Å²) >= 11 is 1.63. The molecule has 2 rings (SSSR count). The number of rotatable bonds is 4. The van der Waals surface area contributed by atoms with Gasteiger partial charge in [0.2, 0.25) is 0 Å². The minimum atomic E-state index is -0.559. The molecule has 0 aliphatic carbocycles. The van der Waals surface area contributed by atoms with Crippen molar-refractivity contribution in [3.8, 4) is 0 Å². The third kappa shape index (κ3) is 3.21. The normalized spacial score (nSPS) is 10.1. The van der Waals surface area contributed by atoms with Crippen LogP contribution in [0, 0.1) is 6.92 Å². The molecule has 4 N–H and O–H groups in total. The second-order valence-electron chi connectivity index (χ2n) is 3.78. The Morgan fingerprint density at radius 2 is 2.00 bits per heavy atom. The number of nitrogens with one attached hydrogen (secondary N) is 2. The lowest BCUT2D eigenvalue weighted by molar-refractivity contribution is 0.259. The molecule has 6 heteroatoms. The summed E-state index contributed by atoms with van der Waals surface area (Å²) in [4.78, 5) is 16.1. The van der Waals surface area contributed by atoms with Crippen LogP contribution in [0.5, 0.6) is 0 Å². The summed E-state index contributed by atoms with van der Waals surface area (Å²) < 4.78 is 0. The smallest absolute Gasteiger partial charge is 0.316 e. The van der Waals surface area contributed by atoms with Crippen molar-refractivity contribution in [1.29, 1.82) is 0 Å². The number of anilines is 2. The number of aryl methyl sites for hydroxylation is 1. The first-order chi connectivity index (χ1) is 8.65. The number of amides is 2. The molecule has 5 nitrogen and oxygen atoms in total. The molecule has 0 aliphatic rings. The highest BCUT2D eigenvalue weighted by atomic mass is 32.1. The minimum absolute atomic E-state index is 0.559. The third-order valence-electron chi connectivity index (χ3n) is 2.45. The van der Waals surface area contributed by atoms with E-state index >= 15 is 0 Å². The number of aromatic nitrogens is 1. The van der Waals surface area contributed by atoms with Crippen LogP contribution in [-0.4, -0.2) is 11.0 Å². The highest BCUT2D eigenvalue weighted by Crippen LogP contribution is 2.17. The van der Waals surface area contributed by atoms with E-state index in [1.165, 1.54) is 4.88 Å². The highest BCUT2D eigenvalue weighted by Gasteiger charge is 2.01. The Kier molecular flexibility index (Phi) is 3.78. The summed E-state index contributed by atoms with van der Waals surface area (Å²) in [5, 5.41) is 5.81. The number of benzene rings is 1. The van der Waals surface area contributed by atoms with Crippen molar-refractivity contribution in [2.75, 3.05) is 10.6 Å². The molecule has 2 aromatic rings. The zero-order chi connectivity index (χ0) is 13.0. The van der Waals surface area contributed by atoms with Gasteiger partial charge in [-0.2, -0.15) is 0 Å². The fourth-order valence-corrected chi connectivity index (χ4v) is 2.21. The quantitative estimate of drug-likeness (QED) is 0.792. The van der Waals surface area contributed by atoms with Crippen molar-refractivity contribution in [3.63, 3.8) is 0 Å². The monoisotopic (exact) mass is 262 g/mol. The number of primary amides is 1. The number of nitrogens with zero attached hydrogens (tertiary/aromatic N) is 1. The van der Waals surface area contributed by atoms with Crippen LogP contribution in [0.2, 0.25) is 0 Å². The molecule has 94 valence electrons. The van der Waals surface area contributed by atoms with Crippen molar-refractivity contribution in [2.24, 2.45) is 5.73 Å². The largest absolute Gasteiger partial charge is 0.380 e. The maximum Gasteiger partial charge on any atom is 0.316 e. The van der Waals surface area contributed by atoms with Crippen molar-refractivity contribution in [1.82, 2.24) is 4.98 Å². The van der Waals surface area contributed by atoms with Gasteiger partial charge in [-0.25, -0.2) is 9.78 Å². The molecule has 0 fully saturated rings. The van der Waals surface area contributed by atoms with Crippen molar-refractivity contribution >= 4 is 28.7 Å². The molecular weight excluding hydrogens is 248 g/mol. The second kappa shape index (κ2) is 5.50. The average Bonchev–Trinajstić information content (AvgIpc) is 2.73. The number of hydrogen-bond donors (Lipinski definition) is 3. The molecule has 0 spiro atoms. The third-order valence-corrected chi connectivity index (χ3v) is 3.39. The molecule has 1 aromatic heterocycles. The molecule has 1 aromatic carbocycles. The van der Waals surface area contributed by atoms with E-state index in [4.69, 9.17) is 5.73 Å². The molecule has 0 saturated heterocycles.